The van der Waals surface area contributed by atoms with Crippen LogP contribution in [0.25, 0.3) is 11.3 Å². The summed E-state index contributed by atoms with van der Waals surface area (Å²) in [5.74, 6) is 0.622. The minimum atomic E-state index is 0.622. The molecule has 1 aromatic heterocycles. The standard InChI is InChI=1S/C19H17BrN2S/c20-17-8-6-15(7-9-17)18-13-23-19(21-18)22-11-10-16(12-22)14-4-2-1-3-5-14/h1-9,13,16H,10-12H2/t16-/m0/s1. The average molecular weight is 385 g/mol. The highest BCUT2D eigenvalue weighted by Gasteiger charge is 2.25. The number of aromatic nitrogens is 1. The molecule has 0 radical (unpaired) electrons. The first-order chi connectivity index (χ1) is 11.3. The van der Waals surface area contributed by atoms with Crippen LogP contribution in [0, 0.1) is 0 Å². The van der Waals surface area contributed by atoms with Crippen LogP contribution in [0.15, 0.2) is 64.5 Å². The molecule has 2 heterocycles. The fraction of sp³-hybridized carbons (Fsp3) is 0.211. The molecule has 1 fully saturated rings. The Hall–Kier alpha value is -1.65. The molecule has 1 aliphatic rings. The topological polar surface area (TPSA) is 16.1 Å². The lowest BCUT2D eigenvalue weighted by molar-refractivity contribution is 0.775. The summed E-state index contributed by atoms with van der Waals surface area (Å²) in [5, 5.41) is 3.30. The third kappa shape index (κ3) is 3.19. The second-order valence-corrected chi connectivity index (χ2v) is 7.62. The SMILES string of the molecule is Brc1ccc(-c2csc(N3CC[C@H](c4ccccc4)C3)n2)cc1. The molecular weight excluding hydrogens is 368 g/mol. The maximum atomic E-state index is 4.85. The highest BCUT2D eigenvalue weighted by molar-refractivity contribution is 9.10. The second-order valence-electron chi connectivity index (χ2n) is 5.86. The first-order valence-electron chi connectivity index (χ1n) is 7.81. The molecule has 1 saturated heterocycles. The van der Waals surface area contributed by atoms with Crippen LogP contribution in [0.2, 0.25) is 0 Å². The smallest absolute Gasteiger partial charge is 0.185 e. The van der Waals surface area contributed by atoms with Gasteiger partial charge in [0, 0.05) is 34.4 Å². The molecule has 4 rings (SSSR count). The fourth-order valence-corrected chi connectivity index (χ4v) is 4.23. The van der Waals surface area contributed by atoms with Crippen molar-refractivity contribution in [1.29, 1.82) is 0 Å². The molecule has 23 heavy (non-hydrogen) atoms. The van der Waals surface area contributed by atoms with E-state index in [2.05, 4.69) is 80.8 Å². The number of thiazole rings is 1. The van der Waals surface area contributed by atoms with Crippen molar-refractivity contribution in [2.75, 3.05) is 18.0 Å². The van der Waals surface area contributed by atoms with Crippen molar-refractivity contribution < 1.29 is 0 Å². The van der Waals surface area contributed by atoms with E-state index >= 15 is 0 Å². The molecule has 3 aromatic rings. The van der Waals surface area contributed by atoms with Gasteiger partial charge in [0.15, 0.2) is 5.13 Å². The number of halogens is 1. The Balaban J connectivity index is 1.51. The summed E-state index contributed by atoms with van der Waals surface area (Å²) in [6.45, 7) is 2.16. The molecule has 4 heteroatoms. The zero-order valence-corrected chi connectivity index (χ0v) is 15.1. The second kappa shape index (κ2) is 6.46. The van der Waals surface area contributed by atoms with Crippen LogP contribution in [-0.2, 0) is 0 Å². The zero-order chi connectivity index (χ0) is 15.6. The minimum Gasteiger partial charge on any atom is -0.347 e. The van der Waals surface area contributed by atoms with Gasteiger partial charge >= 0.3 is 0 Å². The van der Waals surface area contributed by atoms with Gasteiger partial charge in [-0.25, -0.2) is 4.98 Å². The van der Waals surface area contributed by atoms with E-state index in [9.17, 15) is 0 Å². The molecular formula is C19H17BrN2S. The highest BCUT2D eigenvalue weighted by atomic mass is 79.9. The fourth-order valence-electron chi connectivity index (χ4n) is 3.09. The molecule has 0 saturated carbocycles. The largest absolute Gasteiger partial charge is 0.347 e. The van der Waals surface area contributed by atoms with E-state index in [0.29, 0.717) is 5.92 Å². The maximum absolute atomic E-state index is 4.85. The predicted molar refractivity (Wildman–Crippen MR) is 101 cm³/mol. The van der Waals surface area contributed by atoms with E-state index in [1.165, 1.54) is 17.5 Å². The molecule has 2 aromatic carbocycles. The van der Waals surface area contributed by atoms with Crippen LogP contribution >= 0.6 is 27.3 Å². The van der Waals surface area contributed by atoms with E-state index < -0.39 is 0 Å². The van der Waals surface area contributed by atoms with E-state index in [1.807, 2.05) is 0 Å². The molecule has 0 aliphatic carbocycles. The Labute approximate surface area is 148 Å². The summed E-state index contributed by atoms with van der Waals surface area (Å²) in [4.78, 5) is 7.27. The van der Waals surface area contributed by atoms with Crippen molar-refractivity contribution in [3.63, 3.8) is 0 Å². The quantitative estimate of drug-likeness (QED) is 0.586. The normalized spacial score (nSPS) is 17.6. The van der Waals surface area contributed by atoms with E-state index in [-0.39, 0.29) is 0 Å². The van der Waals surface area contributed by atoms with Crippen LogP contribution in [-0.4, -0.2) is 18.1 Å². The number of benzene rings is 2. The van der Waals surface area contributed by atoms with Gasteiger partial charge in [-0.3, -0.25) is 0 Å². The van der Waals surface area contributed by atoms with Crippen LogP contribution in [0.5, 0.6) is 0 Å². The Morgan fingerprint density at radius 1 is 1.04 bits per heavy atom. The molecule has 0 bridgehead atoms. The van der Waals surface area contributed by atoms with Gasteiger partial charge in [0.05, 0.1) is 5.69 Å². The van der Waals surface area contributed by atoms with Gasteiger partial charge in [0.25, 0.3) is 0 Å². The Morgan fingerprint density at radius 3 is 2.61 bits per heavy atom. The van der Waals surface area contributed by atoms with E-state index in [0.717, 1.165) is 28.4 Å². The third-order valence-electron chi connectivity index (χ3n) is 4.36. The summed E-state index contributed by atoms with van der Waals surface area (Å²) in [7, 11) is 0. The minimum absolute atomic E-state index is 0.622. The molecule has 1 atom stereocenters. The van der Waals surface area contributed by atoms with Gasteiger partial charge in [-0.1, -0.05) is 58.4 Å². The molecule has 0 amide bonds. The lowest BCUT2D eigenvalue weighted by Gasteiger charge is -2.15. The van der Waals surface area contributed by atoms with E-state index in [4.69, 9.17) is 4.98 Å². The van der Waals surface area contributed by atoms with Crippen molar-refractivity contribution in [2.45, 2.75) is 12.3 Å². The number of anilines is 1. The van der Waals surface area contributed by atoms with Gasteiger partial charge in [-0.2, -0.15) is 0 Å². The predicted octanol–water partition coefficient (Wildman–Crippen LogP) is 5.57. The lowest BCUT2D eigenvalue weighted by atomic mass is 9.99. The molecule has 2 nitrogen and oxygen atoms in total. The van der Waals surface area contributed by atoms with Crippen molar-refractivity contribution in [1.82, 2.24) is 4.98 Å². The van der Waals surface area contributed by atoms with Crippen molar-refractivity contribution in [2.24, 2.45) is 0 Å². The average Bonchev–Trinajstić information content (AvgIpc) is 3.26. The van der Waals surface area contributed by atoms with Gasteiger partial charge in [0.1, 0.15) is 0 Å². The Morgan fingerprint density at radius 2 is 1.83 bits per heavy atom. The van der Waals surface area contributed by atoms with Crippen LogP contribution < -0.4 is 4.90 Å². The first-order valence-corrected chi connectivity index (χ1v) is 9.48. The van der Waals surface area contributed by atoms with Gasteiger partial charge in [-0.05, 0) is 24.1 Å². The number of nitrogens with zero attached hydrogens (tertiary/aromatic N) is 2. The summed E-state index contributed by atoms with van der Waals surface area (Å²) in [6.07, 6.45) is 1.21. The third-order valence-corrected chi connectivity index (χ3v) is 5.79. The van der Waals surface area contributed by atoms with Crippen molar-refractivity contribution in [3.8, 4) is 11.3 Å². The van der Waals surface area contributed by atoms with Crippen molar-refractivity contribution in [3.05, 3.63) is 70.0 Å². The highest BCUT2D eigenvalue weighted by Crippen LogP contribution is 2.34. The van der Waals surface area contributed by atoms with Gasteiger partial charge < -0.3 is 4.90 Å². The summed E-state index contributed by atoms with van der Waals surface area (Å²) in [6, 6.07) is 19.2. The van der Waals surface area contributed by atoms with Crippen LogP contribution in [0.3, 0.4) is 0 Å². The zero-order valence-electron chi connectivity index (χ0n) is 12.7. The van der Waals surface area contributed by atoms with Gasteiger partial charge in [0.2, 0.25) is 0 Å². The maximum Gasteiger partial charge on any atom is 0.185 e. The van der Waals surface area contributed by atoms with Crippen molar-refractivity contribution >= 4 is 32.4 Å². The molecule has 1 aliphatic heterocycles. The summed E-state index contributed by atoms with van der Waals surface area (Å²) in [5.41, 5.74) is 3.69. The monoisotopic (exact) mass is 384 g/mol. The number of hydrogen-bond donors (Lipinski definition) is 0. The molecule has 0 spiro atoms. The van der Waals surface area contributed by atoms with Crippen LogP contribution in [0.4, 0.5) is 5.13 Å². The van der Waals surface area contributed by atoms with Gasteiger partial charge in [-0.15, -0.1) is 11.3 Å². The Kier molecular flexibility index (Phi) is 4.19. The lowest BCUT2D eigenvalue weighted by Crippen LogP contribution is -2.18. The molecule has 0 N–H and O–H groups in total. The number of hydrogen-bond acceptors (Lipinski definition) is 3. The molecule has 116 valence electrons. The summed E-state index contributed by atoms with van der Waals surface area (Å²) >= 11 is 5.23. The Bertz CT molecular complexity index is 783. The first kappa shape index (κ1) is 14.9. The number of rotatable bonds is 3. The van der Waals surface area contributed by atoms with E-state index in [1.54, 1.807) is 11.3 Å². The summed E-state index contributed by atoms with van der Waals surface area (Å²) < 4.78 is 1.10. The molecule has 0 unspecified atom stereocenters. The van der Waals surface area contributed by atoms with Crippen LogP contribution in [0.1, 0.15) is 17.9 Å².